The molecule has 0 aliphatic rings. The van der Waals surface area contributed by atoms with E-state index < -0.39 is 81.2 Å². The maximum Gasteiger partial charge on any atom is 0.416 e. The lowest BCUT2D eigenvalue weighted by Crippen LogP contribution is -2.54. The van der Waals surface area contributed by atoms with Crippen LogP contribution < -0.4 is 26.5 Å². The van der Waals surface area contributed by atoms with Crippen LogP contribution in [0.5, 0.6) is 11.5 Å². The average molecular weight is 553 g/mol. The highest BCUT2D eigenvalue weighted by molar-refractivity contribution is 5.44. The van der Waals surface area contributed by atoms with Gasteiger partial charge in [0, 0.05) is 5.56 Å². The molecule has 0 radical (unpaired) electrons. The summed E-state index contributed by atoms with van der Waals surface area (Å²) in [7, 11) is 2.18. The van der Waals surface area contributed by atoms with E-state index in [-0.39, 0.29) is 13.7 Å². The molecule has 39 heavy (non-hydrogen) atoms. The fourth-order valence-corrected chi connectivity index (χ4v) is 3.94. The predicted octanol–water partition coefficient (Wildman–Crippen LogP) is 3.65. The van der Waals surface area contributed by atoms with Crippen molar-refractivity contribution in [3.05, 3.63) is 115 Å². The summed E-state index contributed by atoms with van der Waals surface area (Å²) >= 11 is 0. The minimum Gasteiger partial charge on any atom is -0.494 e. The summed E-state index contributed by atoms with van der Waals surface area (Å²) in [6.07, 6.45) is -5.09. The summed E-state index contributed by atoms with van der Waals surface area (Å²) in [4.78, 5) is 40.3. The summed E-state index contributed by atoms with van der Waals surface area (Å²) in [5.41, 5.74) is -8.94. The van der Waals surface area contributed by atoms with Gasteiger partial charge in [-0.1, -0.05) is 18.2 Å². The Morgan fingerprint density at radius 2 is 1.15 bits per heavy atom. The molecule has 0 saturated heterocycles. The van der Waals surface area contributed by atoms with E-state index >= 15 is 8.78 Å². The standard InChI is InChI=1S/C25H17F6N3O5/c1-38-18-10-4-8-16(20(18)27)33-22(35)32(12-13-14(25(29,30)31)6-3-7-15(13)26)23(36)34(24(33)37)17-9-5-11-19(39-2)21(17)28/h3-11H,12H2,1-2H3. The van der Waals surface area contributed by atoms with Crippen LogP contribution in [0.2, 0.25) is 0 Å². The Balaban J connectivity index is 2.15. The topological polar surface area (TPSA) is 84.5 Å². The van der Waals surface area contributed by atoms with Gasteiger partial charge >= 0.3 is 23.2 Å². The first-order valence-corrected chi connectivity index (χ1v) is 10.9. The zero-order chi connectivity index (χ0) is 28.6. The SMILES string of the molecule is COc1cccc(-n2c(=O)n(Cc3c(F)cccc3C(F)(F)F)c(=O)n(-c3cccc(OC)c3F)c2=O)c1F. The van der Waals surface area contributed by atoms with Crippen molar-refractivity contribution in [2.45, 2.75) is 12.7 Å². The van der Waals surface area contributed by atoms with E-state index in [4.69, 9.17) is 9.47 Å². The lowest BCUT2D eigenvalue weighted by atomic mass is 10.1. The summed E-state index contributed by atoms with van der Waals surface area (Å²) in [5, 5.41) is 0. The zero-order valence-corrected chi connectivity index (χ0v) is 20.1. The molecule has 0 bridgehead atoms. The summed E-state index contributed by atoms with van der Waals surface area (Å²) < 4.78 is 95.9. The first-order chi connectivity index (χ1) is 18.4. The first kappa shape index (κ1) is 27.3. The number of ether oxygens (including phenoxy) is 2. The molecule has 0 spiro atoms. The van der Waals surface area contributed by atoms with Crippen molar-refractivity contribution in [2.75, 3.05) is 14.2 Å². The predicted molar refractivity (Wildman–Crippen MR) is 125 cm³/mol. The van der Waals surface area contributed by atoms with E-state index in [1.807, 2.05) is 0 Å². The number of halogens is 6. The molecule has 204 valence electrons. The second kappa shape index (κ2) is 10.2. The number of rotatable bonds is 6. The van der Waals surface area contributed by atoms with Crippen LogP contribution in [0, 0.1) is 17.5 Å². The number of alkyl halides is 3. The summed E-state index contributed by atoms with van der Waals surface area (Å²) in [5.74, 6) is -4.76. The minimum atomic E-state index is -5.09. The summed E-state index contributed by atoms with van der Waals surface area (Å²) in [6, 6.07) is 8.56. The molecule has 0 saturated carbocycles. The molecule has 8 nitrogen and oxygen atoms in total. The number of nitrogens with zero attached hydrogens (tertiary/aromatic N) is 3. The molecule has 0 amide bonds. The van der Waals surface area contributed by atoms with E-state index in [2.05, 4.69) is 0 Å². The summed E-state index contributed by atoms with van der Waals surface area (Å²) in [6.45, 7) is -1.34. The van der Waals surface area contributed by atoms with E-state index in [1.165, 1.54) is 12.1 Å². The number of benzene rings is 3. The van der Waals surface area contributed by atoms with Crippen molar-refractivity contribution in [1.29, 1.82) is 0 Å². The van der Waals surface area contributed by atoms with Crippen molar-refractivity contribution in [1.82, 2.24) is 13.7 Å². The molecule has 14 heteroatoms. The van der Waals surface area contributed by atoms with Crippen molar-refractivity contribution in [3.8, 4) is 22.9 Å². The van der Waals surface area contributed by atoms with Gasteiger partial charge in [-0.2, -0.15) is 13.2 Å². The van der Waals surface area contributed by atoms with Gasteiger partial charge in [-0.3, -0.25) is 0 Å². The van der Waals surface area contributed by atoms with Gasteiger partial charge in [-0.25, -0.2) is 41.3 Å². The molecular weight excluding hydrogens is 536 g/mol. The fraction of sp³-hybridized carbons (Fsp3) is 0.160. The Kier molecular flexibility index (Phi) is 7.13. The Bertz CT molecular complexity index is 1670. The van der Waals surface area contributed by atoms with E-state index in [9.17, 15) is 31.9 Å². The quantitative estimate of drug-likeness (QED) is 0.341. The highest BCUT2D eigenvalue weighted by Crippen LogP contribution is 2.33. The Labute approximate surface area is 214 Å². The molecule has 4 aromatic rings. The smallest absolute Gasteiger partial charge is 0.416 e. The fourth-order valence-electron chi connectivity index (χ4n) is 3.94. The van der Waals surface area contributed by atoms with Gasteiger partial charge in [0.15, 0.2) is 23.1 Å². The van der Waals surface area contributed by atoms with Crippen LogP contribution in [0.15, 0.2) is 69.0 Å². The minimum absolute atomic E-state index is 0.0624. The maximum absolute atomic E-state index is 15.2. The van der Waals surface area contributed by atoms with Crippen LogP contribution in [-0.2, 0) is 12.7 Å². The molecule has 3 aromatic carbocycles. The van der Waals surface area contributed by atoms with Gasteiger partial charge in [0.25, 0.3) is 0 Å². The molecule has 0 N–H and O–H groups in total. The molecular formula is C25H17F6N3O5. The average Bonchev–Trinajstić information content (AvgIpc) is 2.88. The van der Waals surface area contributed by atoms with Gasteiger partial charge in [-0.05, 0) is 36.4 Å². The van der Waals surface area contributed by atoms with Crippen molar-refractivity contribution in [3.63, 3.8) is 0 Å². The third-order valence-electron chi connectivity index (χ3n) is 5.77. The second-order valence-electron chi connectivity index (χ2n) is 7.96. The van der Waals surface area contributed by atoms with Crippen molar-refractivity contribution < 1.29 is 35.8 Å². The van der Waals surface area contributed by atoms with Gasteiger partial charge in [0.2, 0.25) is 0 Å². The van der Waals surface area contributed by atoms with Crippen LogP contribution in [0.1, 0.15) is 11.1 Å². The normalized spacial score (nSPS) is 11.5. The number of hydrogen-bond donors (Lipinski definition) is 0. The van der Waals surface area contributed by atoms with Crippen LogP contribution in [0.3, 0.4) is 0 Å². The number of hydrogen-bond acceptors (Lipinski definition) is 5. The highest BCUT2D eigenvalue weighted by atomic mass is 19.4. The van der Waals surface area contributed by atoms with E-state index in [0.717, 1.165) is 44.6 Å². The molecule has 1 heterocycles. The Morgan fingerprint density at radius 3 is 1.59 bits per heavy atom. The lowest BCUT2D eigenvalue weighted by molar-refractivity contribution is -0.138. The van der Waals surface area contributed by atoms with Crippen LogP contribution in [-0.4, -0.2) is 27.9 Å². The van der Waals surface area contributed by atoms with E-state index in [0.29, 0.717) is 12.1 Å². The molecule has 0 fully saturated rings. The van der Waals surface area contributed by atoms with Gasteiger partial charge < -0.3 is 9.47 Å². The molecule has 4 rings (SSSR count). The second-order valence-corrected chi connectivity index (χ2v) is 7.96. The molecule has 0 unspecified atom stereocenters. The maximum atomic E-state index is 15.2. The molecule has 1 aromatic heterocycles. The number of aromatic nitrogens is 3. The Hall–Kier alpha value is -4.75. The monoisotopic (exact) mass is 553 g/mol. The van der Waals surface area contributed by atoms with Gasteiger partial charge in [-0.15, -0.1) is 0 Å². The van der Waals surface area contributed by atoms with Crippen LogP contribution in [0.4, 0.5) is 26.3 Å². The van der Waals surface area contributed by atoms with Gasteiger partial charge in [0.05, 0.1) is 37.7 Å². The Morgan fingerprint density at radius 1 is 0.692 bits per heavy atom. The first-order valence-electron chi connectivity index (χ1n) is 10.9. The van der Waals surface area contributed by atoms with Gasteiger partial charge in [0.1, 0.15) is 5.82 Å². The molecule has 0 aliphatic carbocycles. The molecule has 0 atom stereocenters. The van der Waals surface area contributed by atoms with Crippen molar-refractivity contribution in [2.24, 2.45) is 0 Å². The van der Waals surface area contributed by atoms with Crippen LogP contribution >= 0.6 is 0 Å². The molecule has 0 aliphatic heterocycles. The third-order valence-corrected chi connectivity index (χ3v) is 5.77. The largest absolute Gasteiger partial charge is 0.494 e. The highest BCUT2D eigenvalue weighted by Gasteiger charge is 2.35. The van der Waals surface area contributed by atoms with Crippen molar-refractivity contribution >= 4 is 0 Å². The third kappa shape index (κ3) is 4.69. The van der Waals surface area contributed by atoms with E-state index in [1.54, 1.807) is 0 Å². The number of methoxy groups -OCH3 is 2. The van der Waals surface area contributed by atoms with Crippen LogP contribution in [0.25, 0.3) is 11.4 Å². The zero-order valence-electron chi connectivity index (χ0n) is 20.1. The lowest BCUT2D eigenvalue weighted by Gasteiger charge is -2.18.